The SMILES string of the molecule is C=CCN1C(=O)/C(=C\c2ccc(OS(=O)(=O)c3ccc(Cl)cc3)c(OCC)c2)SC1=S. The monoisotopic (exact) mass is 495 g/mol. The van der Waals surface area contributed by atoms with E-state index in [4.69, 9.17) is 32.7 Å². The highest BCUT2D eigenvalue weighted by Gasteiger charge is 2.31. The van der Waals surface area contributed by atoms with E-state index < -0.39 is 10.1 Å². The number of amides is 1. The third-order valence-electron chi connectivity index (χ3n) is 4.05. The topological polar surface area (TPSA) is 72.9 Å². The lowest BCUT2D eigenvalue weighted by Crippen LogP contribution is -2.27. The molecule has 1 heterocycles. The number of benzene rings is 2. The minimum absolute atomic E-state index is 0.0330. The van der Waals surface area contributed by atoms with Crippen molar-refractivity contribution in [2.24, 2.45) is 0 Å². The van der Waals surface area contributed by atoms with Gasteiger partial charge in [-0.25, -0.2) is 0 Å². The van der Waals surface area contributed by atoms with Crippen molar-refractivity contribution >= 4 is 62.0 Å². The molecule has 10 heteroatoms. The van der Waals surface area contributed by atoms with E-state index in [1.54, 1.807) is 31.2 Å². The predicted molar refractivity (Wildman–Crippen MR) is 127 cm³/mol. The second kappa shape index (κ2) is 9.86. The molecule has 1 aliphatic rings. The number of ether oxygens (including phenoxy) is 1. The van der Waals surface area contributed by atoms with Crippen molar-refractivity contribution in [1.29, 1.82) is 0 Å². The molecule has 2 aromatic carbocycles. The molecule has 0 bridgehead atoms. The third-order valence-corrected chi connectivity index (χ3v) is 6.93. The number of nitrogens with zero attached hydrogens (tertiary/aromatic N) is 1. The fourth-order valence-corrected chi connectivity index (χ4v) is 5.00. The molecule has 0 radical (unpaired) electrons. The van der Waals surface area contributed by atoms with Crippen LogP contribution in [0.4, 0.5) is 0 Å². The minimum atomic E-state index is -4.08. The van der Waals surface area contributed by atoms with Crippen LogP contribution in [0.25, 0.3) is 6.08 Å². The maximum Gasteiger partial charge on any atom is 0.339 e. The highest BCUT2D eigenvalue weighted by molar-refractivity contribution is 8.26. The van der Waals surface area contributed by atoms with Gasteiger partial charge in [-0.15, -0.1) is 6.58 Å². The van der Waals surface area contributed by atoms with Crippen LogP contribution in [0.15, 0.2) is 64.9 Å². The maximum atomic E-state index is 12.6. The lowest BCUT2D eigenvalue weighted by atomic mass is 10.2. The van der Waals surface area contributed by atoms with Crippen LogP contribution in [-0.4, -0.2) is 36.7 Å². The summed E-state index contributed by atoms with van der Waals surface area (Å²) in [5.41, 5.74) is 0.638. The van der Waals surface area contributed by atoms with Gasteiger partial charge in [0, 0.05) is 11.6 Å². The Morgan fingerprint density at radius 3 is 2.55 bits per heavy atom. The van der Waals surface area contributed by atoms with Crippen LogP contribution in [0, 0.1) is 0 Å². The molecule has 31 heavy (non-hydrogen) atoms. The van der Waals surface area contributed by atoms with Crippen molar-refractivity contribution in [2.75, 3.05) is 13.2 Å². The van der Waals surface area contributed by atoms with Crippen molar-refractivity contribution < 1.29 is 22.1 Å². The fourth-order valence-electron chi connectivity index (χ4n) is 2.66. The molecular formula is C21H18ClNO5S3. The van der Waals surface area contributed by atoms with E-state index in [0.29, 0.717) is 33.0 Å². The van der Waals surface area contributed by atoms with E-state index in [0.717, 1.165) is 0 Å². The molecule has 0 saturated carbocycles. The average molecular weight is 496 g/mol. The molecule has 0 atom stereocenters. The predicted octanol–water partition coefficient (Wildman–Crippen LogP) is 4.89. The van der Waals surface area contributed by atoms with Gasteiger partial charge >= 0.3 is 10.1 Å². The molecule has 0 unspecified atom stereocenters. The number of hydrogen-bond acceptors (Lipinski definition) is 7. The van der Waals surface area contributed by atoms with Crippen molar-refractivity contribution in [3.63, 3.8) is 0 Å². The molecule has 1 saturated heterocycles. The van der Waals surface area contributed by atoms with Gasteiger partial charge in [0.1, 0.15) is 9.22 Å². The van der Waals surface area contributed by atoms with Gasteiger partial charge in [0.15, 0.2) is 11.5 Å². The van der Waals surface area contributed by atoms with Gasteiger partial charge in [-0.1, -0.05) is 47.7 Å². The van der Waals surface area contributed by atoms with E-state index in [9.17, 15) is 13.2 Å². The van der Waals surface area contributed by atoms with Crippen molar-refractivity contribution in [3.05, 3.63) is 70.6 Å². The number of rotatable bonds is 8. The van der Waals surface area contributed by atoms with E-state index in [2.05, 4.69) is 6.58 Å². The normalized spacial score (nSPS) is 15.4. The second-order valence-electron chi connectivity index (χ2n) is 6.21. The van der Waals surface area contributed by atoms with Crippen LogP contribution in [-0.2, 0) is 14.9 Å². The Morgan fingerprint density at radius 2 is 1.90 bits per heavy atom. The standard InChI is InChI=1S/C21H18ClNO5S3/c1-3-11-23-20(24)19(30-21(23)29)13-14-5-10-17(18(12-14)27-4-2)28-31(25,26)16-8-6-15(22)7-9-16/h3,5-10,12-13H,1,4,11H2,2H3/b19-13+. The van der Waals surface area contributed by atoms with Crippen LogP contribution in [0.3, 0.4) is 0 Å². The Labute approximate surface area is 195 Å². The van der Waals surface area contributed by atoms with Gasteiger partial charge in [0.05, 0.1) is 11.5 Å². The lowest BCUT2D eigenvalue weighted by molar-refractivity contribution is -0.121. The van der Waals surface area contributed by atoms with Crippen LogP contribution < -0.4 is 8.92 Å². The summed E-state index contributed by atoms with van der Waals surface area (Å²) in [6.45, 7) is 6.03. The van der Waals surface area contributed by atoms with Crippen molar-refractivity contribution in [2.45, 2.75) is 11.8 Å². The third kappa shape index (κ3) is 5.48. The summed E-state index contributed by atoms with van der Waals surface area (Å²) in [6, 6.07) is 10.4. The number of thioether (sulfide) groups is 1. The van der Waals surface area contributed by atoms with Gasteiger partial charge in [-0.2, -0.15) is 8.42 Å². The van der Waals surface area contributed by atoms with E-state index >= 15 is 0 Å². The lowest BCUT2D eigenvalue weighted by Gasteiger charge is -2.13. The summed E-state index contributed by atoms with van der Waals surface area (Å²) in [6.07, 6.45) is 3.27. The van der Waals surface area contributed by atoms with Crippen molar-refractivity contribution in [3.8, 4) is 11.5 Å². The molecule has 162 valence electrons. The zero-order valence-electron chi connectivity index (χ0n) is 16.4. The molecule has 6 nitrogen and oxygen atoms in total. The molecule has 0 spiro atoms. The first-order chi connectivity index (χ1) is 14.7. The van der Waals surface area contributed by atoms with Crippen molar-refractivity contribution in [1.82, 2.24) is 4.90 Å². The summed E-state index contributed by atoms with van der Waals surface area (Å²) >= 11 is 12.2. The Balaban J connectivity index is 1.90. The molecule has 0 aromatic heterocycles. The maximum absolute atomic E-state index is 12.6. The summed E-state index contributed by atoms with van der Waals surface area (Å²) in [4.78, 5) is 14.4. The summed E-state index contributed by atoms with van der Waals surface area (Å²) < 4.78 is 36.5. The van der Waals surface area contributed by atoms with Gasteiger partial charge < -0.3 is 8.92 Å². The number of thiocarbonyl (C=S) groups is 1. The second-order valence-corrected chi connectivity index (χ2v) is 9.87. The van der Waals surface area contributed by atoms with Crippen LogP contribution in [0.1, 0.15) is 12.5 Å². The first-order valence-corrected chi connectivity index (χ1v) is 12.1. The first kappa shape index (κ1) is 23.3. The summed E-state index contributed by atoms with van der Waals surface area (Å²) in [7, 11) is -4.08. The molecule has 0 aliphatic carbocycles. The van der Waals surface area contributed by atoms with E-state index in [-0.39, 0.29) is 22.3 Å². The summed E-state index contributed by atoms with van der Waals surface area (Å²) in [5, 5.41) is 0.414. The van der Waals surface area contributed by atoms with E-state index in [1.807, 2.05) is 0 Å². The van der Waals surface area contributed by atoms with Crippen LogP contribution in [0.5, 0.6) is 11.5 Å². The average Bonchev–Trinajstić information content (AvgIpc) is 2.98. The Hall–Kier alpha value is -2.33. The molecular weight excluding hydrogens is 478 g/mol. The van der Waals surface area contributed by atoms with Crippen LogP contribution >= 0.6 is 35.6 Å². The largest absolute Gasteiger partial charge is 0.490 e. The van der Waals surface area contributed by atoms with Crippen LogP contribution in [0.2, 0.25) is 5.02 Å². The zero-order valence-corrected chi connectivity index (χ0v) is 19.6. The first-order valence-electron chi connectivity index (χ1n) is 9.08. The molecule has 0 N–H and O–H groups in total. The Bertz CT molecular complexity index is 1160. The van der Waals surface area contributed by atoms with E-state index in [1.165, 1.54) is 47.0 Å². The summed E-state index contributed by atoms with van der Waals surface area (Å²) in [5.74, 6) is 0.0574. The molecule has 1 fully saturated rings. The molecule has 1 amide bonds. The van der Waals surface area contributed by atoms with Gasteiger partial charge in [-0.3, -0.25) is 9.69 Å². The molecule has 3 rings (SSSR count). The smallest absolute Gasteiger partial charge is 0.339 e. The van der Waals surface area contributed by atoms with Gasteiger partial charge in [0.25, 0.3) is 5.91 Å². The highest BCUT2D eigenvalue weighted by Crippen LogP contribution is 2.35. The molecule has 2 aromatic rings. The van der Waals surface area contributed by atoms with Gasteiger partial charge in [0.2, 0.25) is 0 Å². The minimum Gasteiger partial charge on any atom is -0.490 e. The van der Waals surface area contributed by atoms with Gasteiger partial charge in [-0.05, 0) is 55.0 Å². The quantitative estimate of drug-likeness (QED) is 0.223. The zero-order chi connectivity index (χ0) is 22.6. The Kier molecular flexibility index (Phi) is 7.42. The number of halogens is 1. The fraction of sp³-hybridized carbons (Fsp3) is 0.143. The number of carbonyl (C=O) groups is 1. The molecule has 1 aliphatic heterocycles. The highest BCUT2D eigenvalue weighted by atomic mass is 35.5. The number of hydrogen-bond donors (Lipinski definition) is 0. The number of carbonyl (C=O) groups excluding carboxylic acids is 1. The Morgan fingerprint density at radius 1 is 1.19 bits per heavy atom.